The second-order valence-electron chi connectivity index (χ2n) is 3.45. The highest BCUT2D eigenvalue weighted by Gasteiger charge is 2.06. The van der Waals surface area contributed by atoms with Gasteiger partial charge in [0.25, 0.3) is 0 Å². The number of carboxylic acid groups (broad SMARTS) is 1. The minimum Gasteiger partial charge on any atom is -0.478 e. The SMILES string of the molecule is CC#CCn1ccc2ccc(C(=O)O)cc21. The van der Waals surface area contributed by atoms with Gasteiger partial charge in [0, 0.05) is 11.7 Å². The summed E-state index contributed by atoms with van der Waals surface area (Å²) in [6.45, 7) is 2.37. The molecule has 0 aliphatic heterocycles. The van der Waals surface area contributed by atoms with Crippen molar-refractivity contribution in [1.82, 2.24) is 4.57 Å². The summed E-state index contributed by atoms with van der Waals surface area (Å²) in [5, 5.41) is 9.94. The van der Waals surface area contributed by atoms with Gasteiger partial charge in [0.1, 0.15) is 0 Å². The number of fused-ring (bicyclic) bond motifs is 1. The van der Waals surface area contributed by atoms with E-state index in [1.54, 1.807) is 19.1 Å². The van der Waals surface area contributed by atoms with E-state index in [4.69, 9.17) is 5.11 Å². The van der Waals surface area contributed by atoms with Crippen LogP contribution >= 0.6 is 0 Å². The van der Waals surface area contributed by atoms with Crippen LogP contribution in [-0.4, -0.2) is 15.6 Å². The molecule has 0 fully saturated rings. The second kappa shape index (κ2) is 4.11. The van der Waals surface area contributed by atoms with Crippen molar-refractivity contribution in [1.29, 1.82) is 0 Å². The van der Waals surface area contributed by atoms with E-state index in [1.807, 2.05) is 22.9 Å². The maximum atomic E-state index is 10.9. The number of aromatic carboxylic acids is 1. The monoisotopic (exact) mass is 213 g/mol. The first-order valence-electron chi connectivity index (χ1n) is 4.94. The van der Waals surface area contributed by atoms with Crippen LogP contribution in [0.3, 0.4) is 0 Å². The van der Waals surface area contributed by atoms with E-state index in [9.17, 15) is 4.79 Å². The molecule has 0 spiro atoms. The van der Waals surface area contributed by atoms with Gasteiger partial charge in [0.15, 0.2) is 0 Å². The highest BCUT2D eigenvalue weighted by molar-refractivity contribution is 5.93. The molecule has 0 radical (unpaired) electrons. The summed E-state index contributed by atoms with van der Waals surface area (Å²) in [7, 11) is 0. The average molecular weight is 213 g/mol. The summed E-state index contributed by atoms with van der Waals surface area (Å²) >= 11 is 0. The number of aromatic nitrogens is 1. The Morgan fingerprint density at radius 1 is 1.44 bits per heavy atom. The van der Waals surface area contributed by atoms with Gasteiger partial charge in [-0.05, 0) is 30.5 Å². The summed E-state index contributed by atoms with van der Waals surface area (Å²) in [4.78, 5) is 10.9. The van der Waals surface area contributed by atoms with Crippen molar-refractivity contribution in [2.75, 3.05) is 0 Å². The molecule has 1 aromatic heterocycles. The Hall–Kier alpha value is -2.21. The van der Waals surface area contributed by atoms with E-state index in [0.29, 0.717) is 12.1 Å². The number of rotatable bonds is 2. The lowest BCUT2D eigenvalue weighted by atomic mass is 10.2. The first-order valence-corrected chi connectivity index (χ1v) is 4.94. The Kier molecular flexibility index (Phi) is 2.65. The molecular weight excluding hydrogens is 202 g/mol. The lowest BCUT2D eigenvalue weighted by Crippen LogP contribution is -1.98. The lowest BCUT2D eigenvalue weighted by Gasteiger charge is -2.01. The maximum Gasteiger partial charge on any atom is 0.335 e. The van der Waals surface area contributed by atoms with E-state index in [1.165, 1.54) is 0 Å². The standard InChI is InChI=1S/C13H11NO2/c1-2-3-7-14-8-6-10-4-5-11(13(15)16)9-12(10)14/h4-6,8-9H,7H2,1H3,(H,15,16). The van der Waals surface area contributed by atoms with Gasteiger partial charge >= 0.3 is 5.97 Å². The van der Waals surface area contributed by atoms with Crippen molar-refractivity contribution in [3.8, 4) is 11.8 Å². The summed E-state index contributed by atoms with van der Waals surface area (Å²) in [6.07, 6.45) is 1.92. The molecule has 3 nitrogen and oxygen atoms in total. The molecule has 0 saturated heterocycles. The van der Waals surface area contributed by atoms with Crippen LogP contribution < -0.4 is 0 Å². The molecule has 1 aromatic carbocycles. The van der Waals surface area contributed by atoms with Crippen molar-refractivity contribution in [2.24, 2.45) is 0 Å². The molecule has 0 unspecified atom stereocenters. The van der Waals surface area contributed by atoms with Crippen LogP contribution in [0.1, 0.15) is 17.3 Å². The number of benzene rings is 1. The Balaban J connectivity index is 2.53. The normalized spacial score (nSPS) is 9.81. The fourth-order valence-corrected chi connectivity index (χ4v) is 1.62. The van der Waals surface area contributed by atoms with Gasteiger partial charge in [-0.3, -0.25) is 0 Å². The third kappa shape index (κ3) is 1.78. The number of hydrogen-bond donors (Lipinski definition) is 1. The Morgan fingerprint density at radius 2 is 2.25 bits per heavy atom. The lowest BCUT2D eigenvalue weighted by molar-refractivity contribution is 0.0697. The van der Waals surface area contributed by atoms with Gasteiger partial charge in [-0.2, -0.15) is 0 Å². The van der Waals surface area contributed by atoms with Crippen molar-refractivity contribution in [3.05, 3.63) is 36.0 Å². The number of hydrogen-bond acceptors (Lipinski definition) is 1. The quantitative estimate of drug-likeness (QED) is 0.778. The van der Waals surface area contributed by atoms with Gasteiger partial charge in [0.2, 0.25) is 0 Å². The molecule has 1 N–H and O–H groups in total. The zero-order chi connectivity index (χ0) is 11.5. The molecule has 0 amide bonds. The molecule has 0 aliphatic rings. The first-order chi connectivity index (χ1) is 7.72. The largest absolute Gasteiger partial charge is 0.478 e. The molecule has 1 heterocycles. The zero-order valence-corrected chi connectivity index (χ0v) is 8.90. The fraction of sp³-hybridized carbons (Fsp3) is 0.154. The maximum absolute atomic E-state index is 10.9. The number of carbonyl (C=O) groups is 1. The summed E-state index contributed by atoms with van der Waals surface area (Å²) in [6, 6.07) is 7.06. The summed E-state index contributed by atoms with van der Waals surface area (Å²) < 4.78 is 1.94. The van der Waals surface area contributed by atoms with Crippen LogP contribution in [0.15, 0.2) is 30.5 Å². The topological polar surface area (TPSA) is 42.2 Å². The molecule has 16 heavy (non-hydrogen) atoms. The third-order valence-corrected chi connectivity index (χ3v) is 2.45. The zero-order valence-electron chi connectivity index (χ0n) is 8.90. The Bertz CT molecular complexity index is 599. The first kappa shape index (κ1) is 10.3. The molecule has 0 bridgehead atoms. The van der Waals surface area contributed by atoms with E-state index in [0.717, 1.165) is 10.9 Å². The van der Waals surface area contributed by atoms with Crippen molar-refractivity contribution in [2.45, 2.75) is 13.5 Å². The molecule has 0 saturated carbocycles. The number of nitrogens with zero attached hydrogens (tertiary/aromatic N) is 1. The van der Waals surface area contributed by atoms with Crippen LogP contribution in [0.25, 0.3) is 10.9 Å². The Morgan fingerprint density at radius 3 is 2.94 bits per heavy atom. The molecule has 80 valence electrons. The summed E-state index contributed by atoms with van der Waals surface area (Å²) in [5.41, 5.74) is 1.21. The average Bonchev–Trinajstić information content (AvgIpc) is 2.68. The third-order valence-electron chi connectivity index (χ3n) is 2.45. The molecule has 0 aliphatic carbocycles. The van der Waals surface area contributed by atoms with Gasteiger partial charge in [0.05, 0.1) is 12.1 Å². The van der Waals surface area contributed by atoms with Gasteiger partial charge in [-0.1, -0.05) is 12.0 Å². The molecule has 0 atom stereocenters. The predicted octanol–water partition coefficient (Wildman–Crippen LogP) is 2.36. The molecule has 2 aromatic rings. The minimum absolute atomic E-state index is 0.303. The smallest absolute Gasteiger partial charge is 0.335 e. The number of carboxylic acids is 1. The molecular formula is C13H11NO2. The van der Waals surface area contributed by atoms with E-state index < -0.39 is 5.97 Å². The van der Waals surface area contributed by atoms with Crippen molar-refractivity contribution >= 4 is 16.9 Å². The predicted molar refractivity (Wildman–Crippen MR) is 62.3 cm³/mol. The Labute approximate surface area is 93.3 Å². The van der Waals surface area contributed by atoms with Crippen LogP contribution in [0.4, 0.5) is 0 Å². The fourth-order valence-electron chi connectivity index (χ4n) is 1.62. The van der Waals surface area contributed by atoms with Crippen molar-refractivity contribution < 1.29 is 9.90 Å². The van der Waals surface area contributed by atoms with E-state index >= 15 is 0 Å². The second-order valence-corrected chi connectivity index (χ2v) is 3.45. The van der Waals surface area contributed by atoms with Crippen LogP contribution in [-0.2, 0) is 6.54 Å². The summed E-state index contributed by atoms with van der Waals surface area (Å²) in [5.74, 6) is 4.87. The van der Waals surface area contributed by atoms with Gasteiger partial charge < -0.3 is 9.67 Å². The molecule has 2 rings (SSSR count). The molecule has 3 heteroatoms. The van der Waals surface area contributed by atoms with E-state index in [2.05, 4.69) is 11.8 Å². The van der Waals surface area contributed by atoms with E-state index in [-0.39, 0.29) is 0 Å². The highest BCUT2D eigenvalue weighted by atomic mass is 16.4. The van der Waals surface area contributed by atoms with Crippen LogP contribution in [0.5, 0.6) is 0 Å². The van der Waals surface area contributed by atoms with Gasteiger partial charge in [-0.15, -0.1) is 5.92 Å². The van der Waals surface area contributed by atoms with Crippen LogP contribution in [0.2, 0.25) is 0 Å². The van der Waals surface area contributed by atoms with Gasteiger partial charge in [-0.25, -0.2) is 4.79 Å². The van der Waals surface area contributed by atoms with Crippen molar-refractivity contribution in [3.63, 3.8) is 0 Å². The minimum atomic E-state index is -0.906. The van der Waals surface area contributed by atoms with Crippen LogP contribution in [0, 0.1) is 11.8 Å². The highest BCUT2D eigenvalue weighted by Crippen LogP contribution is 2.17.